The average Bonchev–Trinajstić information content (AvgIpc) is 3.00. The van der Waals surface area contributed by atoms with E-state index >= 15 is 0 Å². The molecule has 10 nitrogen and oxygen atoms in total. The van der Waals surface area contributed by atoms with Crippen molar-refractivity contribution < 1.29 is 38.1 Å². The molecule has 10 heteroatoms. The predicted molar refractivity (Wildman–Crippen MR) is 115 cm³/mol. The molecule has 1 amide bonds. The lowest BCUT2D eigenvalue weighted by molar-refractivity contribution is -0.155. The zero-order valence-electron chi connectivity index (χ0n) is 18.9. The number of nitrogens with one attached hydrogen (secondary N) is 2. The van der Waals surface area contributed by atoms with Crippen molar-refractivity contribution in [2.45, 2.75) is 45.6 Å². The maximum absolute atomic E-state index is 13.6. The molecule has 1 aromatic rings. The van der Waals surface area contributed by atoms with Gasteiger partial charge < -0.3 is 24.3 Å². The highest BCUT2D eigenvalue weighted by Gasteiger charge is 2.65. The molecule has 176 valence electrons. The third-order valence-corrected chi connectivity index (χ3v) is 5.24. The lowest BCUT2D eigenvalue weighted by Gasteiger charge is -2.40. The fourth-order valence-electron chi connectivity index (χ4n) is 4.15. The third-order valence-electron chi connectivity index (χ3n) is 5.24. The van der Waals surface area contributed by atoms with Gasteiger partial charge >= 0.3 is 17.9 Å². The van der Waals surface area contributed by atoms with Gasteiger partial charge in [-0.3, -0.25) is 19.8 Å². The molecule has 33 heavy (non-hydrogen) atoms. The summed E-state index contributed by atoms with van der Waals surface area (Å²) in [6, 6.07) is 6.50. The van der Waals surface area contributed by atoms with Gasteiger partial charge in [0.2, 0.25) is 11.8 Å². The van der Waals surface area contributed by atoms with Crippen LogP contribution >= 0.6 is 0 Å². The van der Waals surface area contributed by atoms with Crippen molar-refractivity contribution in [3.63, 3.8) is 0 Å². The quantitative estimate of drug-likeness (QED) is 0.468. The van der Waals surface area contributed by atoms with E-state index in [2.05, 4.69) is 5.32 Å². The zero-order valence-corrected chi connectivity index (χ0v) is 18.9. The topological polar surface area (TPSA) is 141 Å². The Morgan fingerprint density at radius 1 is 1.15 bits per heavy atom. The van der Waals surface area contributed by atoms with E-state index < -0.39 is 53.6 Å². The molecule has 2 atom stereocenters. The monoisotopic (exact) mass is 458 g/mol. The lowest BCUT2D eigenvalue weighted by atomic mass is 9.63. The maximum atomic E-state index is 13.6. The second kappa shape index (κ2) is 9.43. The number of ether oxygens (including phenoxy) is 4. The van der Waals surface area contributed by atoms with Gasteiger partial charge in [0.05, 0.1) is 24.9 Å². The number of esters is 3. The number of hydrogen-bond acceptors (Lipinski definition) is 9. The van der Waals surface area contributed by atoms with Crippen LogP contribution in [0.2, 0.25) is 0 Å². The van der Waals surface area contributed by atoms with Gasteiger partial charge in [0.25, 0.3) is 0 Å². The third kappa shape index (κ3) is 4.08. The molecule has 2 aliphatic heterocycles. The number of fused-ring (bicyclic) bond motifs is 2. The number of para-hydroxylation sites is 1. The number of amides is 1. The van der Waals surface area contributed by atoms with Gasteiger partial charge in [0.15, 0.2) is 5.92 Å². The van der Waals surface area contributed by atoms with Crippen LogP contribution in [-0.2, 0) is 43.5 Å². The van der Waals surface area contributed by atoms with Gasteiger partial charge in [-0.05, 0) is 39.3 Å². The SMILES string of the molecule is CCOC(=O)CC1=C(C(=O)OCC)C2(C(=O)Nc3ccccc32)C(C(=O)OC(C)C)C(=N)O1. The highest BCUT2D eigenvalue weighted by molar-refractivity contribution is 6.21. The van der Waals surface area contributed by atoms with Gasteiger partial charge in [-0.1, -0.05) is 18.2 Å². The first-order valence-corrected chi connectivity index (χ1v) is 10.6. The van der Waals surface area contributed by atoms with E-state index in [0.29, 0.717) is 5.69 Å². The standard InChI is InChI=1S/C23H26N2O8/c1-5-30-16(26)11-15-17(20(27)31-6-2)23(13-9-7-8-10-14(13)25-22(23)29)18(19(24)33-15)21(28)32-12(3)4/h7-10,12,18,24H,5-6,11H2,1-4H3,(H,25,29). The molecule has 1 spiro atoms. The van der Waals surface area contributed by atoms with Crippen molar-refractivity contribution in [2.75, 3.05) is 18.5 Å². The summed E-state index contributed by atoms with van der Waals surface area (Å²) in [7, 11) is 0. The minimum absolute atomic E-state index is 0.0348. The molecule has 0 radical (unpaired) electrons. The first kappa shape index (κ1) is 24.0. The Kier molecular flexibility index (Phi) is 6.85. The predicted octanol–water partition coefficient (Wildman–Crippen LogP) is 2.22. The van der Waals surface area contributed by atoms with Crippen molar-refractivity contribution >= 4 is 35.4 Å². The fourth-order valence-corrected chi connectivity index (χ4v) is 4.15. The van der Waals surface area contributed by atoms with Crippen LogP contribution in [0, 0.1) is 11.3 Å². The van der Waals surface area contributed by atoms with E-state index in [1.54, 1.807) is 52.0 Å². The summed E-state index contributed by atoms with van der Waals surface area (Å²) in [5, 5.41) is 11.2. The smallest absolute Gasteiger partial charge is 0.338 e. The van der Waals surface area contributed by atoms with Gasteiger partial charge in [0, 0.05) is 5.69 Å². The van der Waals surface area contributed by atoms with Crippen molar-refractivity contribution in [1.29, 1.82) is 5.41 Å². The number of hydrogen-bond donors (Lipinski definition) is 2. The van der Waals surface area contributed by atoms with Crippen LogP contribution in [0.3, 0.4) is 0 Å². The molecule has 1 aromatic carbocycles. The van der Waals surface area contributed by atoms with Crippen LogP contribution in [0.1, 0.15) is 39.7 Å². The summed E-state index contributed by atoms with van der Waals surface area (Å²) in [5.41, 5.74) is -1.72. The molecule has 0 saturated carbocycles. The Morgan fingerprint density at radius 2 is 1.82 bits per heavy atom. The van der Waals surface area contributed by atoms with Crippen LogP contribution in [0.25, 0.3) is 0 Å². The van der Waals surface area contributed by atoms with Crippen LogP contribution in [0.5, 0.6) is 0 Å². The number of carbonyl (C=O) groups excluding carboxylic acids is 4. The minimum atomic E-state index is -2.02. The Morgan fingerprint density at radius 3 is 2.45 bits per heavy atom. The van der Waals surface area contributed by atoms with Gasteiger partial charge in [-0.25, -0.2) is 4.79 Å². The van der Waals surface area contributed by atoms with Crippen LogP contribution < -0.4 is 5.32 Å². The van der Waals surface area contributed by atoms with Crippen molar-refractivity contribution in [1.82, 2.24) is 0 Å². The van der Waals surface area contributed by atoms with E-state index in [0.717, 1.165) is 0 Å². The number of carbonyl (C=O) groups is 4. The second-order valence-electron chi connectivity index (χ2n) is 7.69. The Labute approximate surface area is 190 Å². The molecule has 0 aliphatic carbocycles. The van der Waals surface area contributed by atoms with Crippen molar-refractivity contribution in [3.05, 3.63) is 41.2 Å². The molecule has 0 aromatic heterocycles. The van der Waals surface area contributed by atoms with E-state index in [9.17, 15) is 19.2 Å². The van der Waals surface area contributed by atoms with E-state index in [1.165, 1.54) is 0 Å². The largest absolute Gasteiger partial charge is 0.466 e. The highest BCUT2D eigenvalue weighted by atomic mass is 16.6. The van der Waals surface area contributed by atoms with E-state index in [-0.39, 0.29) is 30.1 Å². The Balaban J connectivity index is 2.35. The molecule has 0 fully saturated rings. The molecule has 0 bridgehead atoms. The zero-order chi connectivity index (χ0) is 24.3. The lowest BCUT2D eigenvalue weighted by Crippen LogP contribution is -2.56. The molecule has 2 unspecified atom stereocenters. The molecule has 2 aliphatic rings. The number of benzene rings is 1. The minimum Gasteiger partial charge on any atom is -0.466 e. The molecule has 2 N–H and O–H groups in total. The van der Waals surface area contributed by atoms with Gasteiger partial charge in [0.1, 0.15) is 17.6 Å². The van der Waals surface area contributed by atoms with Crippen LogP contribution in [0.4, 0.5) is 5.69 Å². The number of anilines is 1. The van der Waals surface area contributed by atoms with Gasteiger partial charge in [-0.15, -0.1) is 0 Å². The molecular weight excluding hydrogens is 432 g/mol. The van der Waals surface area contributed by atoms with E-state index in [4.69, 9.17) is 24.4 Å². The number of rotatable bonds is 7. The van der Waals surface area contributed by atoms with Gasteiger partial charge in [-0.2, -0.15) is 0 Å². The highest BCUT2D eigenvalue weighted by Crippen LogP contribution is 2.53. The summed E-state index contributed by atoms with van der Waals surface area (Å²) >= 11 is 0. The normalized spacial score (nSPS) is 21.4. The summed E-state index contributed by atoms with van der Waals surface area (Å²) in [6.45, 7) is 6.48. The summed E-state index contributed by atoms with van der Waals surface area (Å²) < 4.78 is 21.1. The first-order chi connectivity index (χ1) is 15.7. The first-order valence-electron chi connectivity index (χ1n) is 10.6. The Hall–Kier alpha value is -3.69. The fraction of sp³-hybridized carbons (Fsp3) is 0.435. The summed E-state index contributed by atoms with van der Waals surface area (Å²) in [4.78, 5) is 52.3. The van der Waals surface area contributed by atoms with Crippen molar-refractivity contribution in [3.8, 4) is 0 Å². The maximum Gasteiger partial charge on any atom is 0.338 e. The second-order valence-corrected chi connectivity index (χ2v) is 7.69. The average molecular weight is 458 g/mol. The molecule has 2 heterocycles. The van der Waals surface area contributed by atoms with Crippen molar-refractivity contribution in [2.24, 2.45) is 5.92 Å². The Bertz CT molecular complexity index is 1040. The molecule has 3 rings (SSSR count). The molecular formula is C23H26N2O8. The van der Waals surface area contributed by atoms with Crippen LogP contribution in [0.15, 0.2) is 35.6 Å². The molecule has 0 saturated heterocycles. The summed E-state index contributed by atoms with van der Waals surface area (Å²) in [5.74, 6) is -5.84. The summed E-state index contributed by atoms with van der Waals surface area (Å²) in [6.07, 6.45) is -1.09. The van der Waals surface area contributed by atoms with E-state index in [1.807, 2.05) is 0 Å². The van der Waals surface area contributed by atoms with Crippen LogP contribution in [-0.4, -0.2) is 49.0 Å².